The largest absolute Gasteiger partial charge is 0.383 e. The summed E-state index contributed by atoms with van der Waals surface area (Å²) in [5, 5.41) is 14.4. The van der Waals surface area contributed by atoms with Crippen molar-refractivity contribution < 1.29 is 18.1 Å². The van der Waals surface area contributed by atoms with Crippen LogP contribution in [0.4, 0.5) is 11.4 Å². The third kappa shape index (κ3) is 5.39. The molecule has 26 heavy (non-hydrogen) atoms. The van der Waals surface area contributed by atoms with Gasteiger partial charge in [0, 0.05) is 25.3 Å². The molecule has 0 unspecified atom stereocenters. The van der Waals surface area contributed by atoms with Gasteiger partial charge in [-0.25, -0.2) is 13.1 Å². The zero-order chi connectivity index (χ0) is 19.3. The van der Waals surface area contributed by atoms with Crippen LogP contribution in [0.25, 0.3) is 0 Å². The van der Waals surface area contributed by atoms with Crippen LogP contribution in [-0.4, -0.2) is 39.1 Å². The monoisotopic (exact) mass is 385 g/mol. The summed E-state index contributed by atoms with van der Waals surface area (Å²) in [7, 11) is -2.25. The molecule has 0 saturated heterocycles. The standard InChI is InChI=1S/C17H27N3O5S/c1-12-4-6-14(7-5-12)19-26(23,24)15-8-9-16(17(10-15)20(21)22)18-13(2)11-25-3/h8-10,12-14,18-19H,4-7,11H2,1-3H3/t12?,13-,14?/m1/s1. The molecule has 9 heteroatoms. The third-order valence-electron chi connectivity index (χ3n) is 4.63. The first-order valence-electron chi connectivity index (χ1n) is 8.79. The van der Waals surface area contributed by atoms with Crippen LogP contribution < -0.4 is 10.0 Å². The third-order valence-corrected chi connectivity index (χ3v) is 6.15. The van der Waals surface area contributed by atoms with Crippen molar-refractivity contribution in [3.63, 3.8) is 0 Å². The number of anilines is 1. The zero-order valence-corrected chi connectivity index (χ0v) is 16.2. The minimum atomic E-state index is -3.80. The lowest BCUT2D eigenvalue weighted by molar-refractivity contribution is -0.384. The zero-order valence-electron chi connectivity index (χ0n) is 15.4. The van der Waals surface area contributed by atoms with Crippen LogP contribution in [0.5, 0.6) is 0 Å². The number of nitrogens with zero attached hydrogens (tertiary/aromatic N) is 1. The second-order valence-corrected chi connectivity index (χ2v) is 8.73. The van der Waals surface area contributed by atoms with Gasteiger partial charge in [0.25, 0.3) is 5.69 Å². The fraction of sp³-hybridized carbons (Fsp3) is 0.647. The Balaban J connectivity index is 2.20. The maximum atomic E-state index is 12.6. The van der Waals surface area contributed by atoms with E-state index in [1.54, 1.807) is 7.11 Å². The van der Waals surface area contributed by atoms with Crippen LogP contribution in [0.15, 0.2) is 23.1 Å². The quantitative estimate of drug-likeness (QED) is 0.526. The highest BCUT2D eigenvalue weighted by Gasteiger charge is 2.26. The average Bonchev–Trinajstić information content (AvgIpc) is 2.57. The number of nitrogens with one attached hydrogen (secondary N) is 2. The van der Waals surface area contributed by atoms with Crippen molar-refractivity contribution in [2.24, 2.45) is 5.92 Å². The van der Waals surface area contributed by atoms with Gasteiger partial charge in [0.1, 0.15) is 5.69 Å². The first-order valence-corrected chi connectivity index (χ1v) is 10.3. The highest BCUT2D eigenvalue weighted by Crippen LogP contribution is 2.29. The Morgan fingerprint density at radius 3 is 2.54 bits per heavy atom. The SMILES string of the molecule is COC[C@@H](C)Nc1ccc(S(=O)(=O)NC2CCC(C)CC2)cc1[N+](=O)[O-]. The van der Waals surface area contributed by atoms with Crippen molar-refractivity contribution >= 4 is 21.4 Å². The Labute approximate surface area is 154 Å². The van der Waals surface area contributed by atoms with Crippen LogP contribution in [0.3, 0.4) is 0 Å². The van der Waals surface area contributed by atoms with E-state index in [0.717, 1.165) is 31.7 Å². The predicted molar refractivity (Wildman–Crippen MR) is 99.8 cm³/mol. The first kappa shape index (κ1) is 20.6. The molecular formula is C17H27N3O5S. The van der Waals surface area contributed by atoms with E-state index >= 15 is 0 Å². The summed E-state index contributed by atoms with van der Waals surface area (Å²) in [5.74, 6) is 0.608. The predicted octanol–water partition coefficient (Wildman–Crippen LogP) is 2.90. The van der Waals surface area contributed by atoms with Crippen molar-refractivity contribution in [2.45, 2.75) is 56.5 Å². The van der Waals surface area contributed by atoms with E-state index in [1.165, 1.54) is 12.1 Å². The molecule has 1 fully saturated rings. The first-order chi connectivity index (χ1) is 12.2. The number of sulfonamides is 1. The number of ether oxygens (including phenoxy) is 1. The molecule has 2 rings (SSSR count). The molecule has 0 bridgehead atoms. The molecule has 0 aromatic heterocycles. The summed E-state index contributed by atoms with van der Waals surface area (Å²) in [4.78, 5) is 10.7. The van der Waals surface area contributed by atoms with Crippen LogP contribution >= 0.6 is 0 Å². The van der Waals surface area contributed by atoms with Gasteiger partial charge in [-0.15, -0.1) is 0 Å². The molecule has 146 valence electrons. The minimum Gasteiger partial charge on any atom is -0.383 e. The van der Waals surface area contributed by atoms with Crippen LogP contribution in [0.2, 0.25) is 0 Å². The molecule has 0 aliphatic heterocycles. The van der Waals surface area contributed by atoms with E-state index < -0.39 is 14.9 Å². The van der Waals surface area contributed by atoms with Gasteiger partial charge in [-0.3, -0.25) is 10.1 Å². The molecule has 1 atom stereocenters. The normalized spacial score (nSPS) is 22.0. The number of nitro benzene ring substituents is 1. The smallest absolute Gasteiger partial charge is 0.293 e. The van der Waals surface area contributed by atoms with E-state index in [2.05, 4.69) is 17.0 Å². The van der Waals surface area contributed by atoms with Crippen LogP contribution in [0.1, 0.15) is 39.5 Å². The van der Waals surface area contributed by atoms with Gasteiger partial charge in [0.2, 0.25) is 10.0 Å². The van der Waals surface area contributed by atoms with E-state index in [4.69, 9.17) is 4.74 Å². The van der Waals surface area contributed by atoms with Gasteiger partial charge in [-0.2, -0.15) is 0 Å². The topological polar surface area (TPSA) is 111 Å². The molecule has 8 nitrogen and oxygen atoms in total. The Morgan fingerprint density at radius 2 is 1.96 bits per heavy atom. The van der Waals surface area contributed by atoms with Crippen molar-refractivity contribution in [1.82, 2.24) is 4.72 Å². The number of hydrogen-bond acceptors (Lipinski definition) is 6. The van der Waals surface area contributed by atoms with Crippen molar-refractivity contribution in [1.29, 1.82) is 0 Å². The summed E-state index contributed by atoms with van der Waals surface area (Å²) in [6.07, 6.45) is 3.54. The summed E-state index contributed by atoms with van der Waals surface area (Å²) in [6.45, 7) is 4.35. The summed E-state index contributed by atoms with van der Waals surface area (Å²) < 4.78 is 32.9. The fourth-order valence-electron chi connectivity index (χ4n) is 3.17. The van der Waals surface area contributed by atoms with Crippen LogP contribution in [-0.2, 0) is 14.8 Å². The number of methoxy groups -OCH3 is 1. The summed E-state index contributed by atoms with van der Waals surface area (Å²) >= 11 is 0. The molecule has 0 spiro atoms. The molecular weight excluding hydrogens is 358 g/mol. The maximum absolute atomic E-state index is 12.6. The van der Waals surface area contributed by atoms with Crippen molar-refractivity contribution in [2.75, 3.05) is 19.0 Å². The number of rotatable bonds is 8. The molecule has 2 N–H and O–H groups in total. The average molecular weight is 385 g/mol. The number of hydrogen-bond donors (Lipinski definition) is 2. The second kappa shape index (κ2) is 8.79. The molecule has 0 amide bonds. The number of nitro groups is 1. The van der Waals surface area contributed by atoms with E-state index in [1.807, 2.05) is 6.92 Å². The van der Waals surface area contributed by atoms with Gasteiger partial charge < -0.3 is 10.1 Å². The van der Waals surface area contributed by atoms with Gasteiger partial charge in [-0.05, 0) is 50.7 Å². The van der Waals surface area contributed by atoms with E-state index in [9.17, 15) is 18.5 Å². The molecule has 0 radical (unpaired) electrons. The Kier molecular flexibility index (Phi) is 6.96. The van der Waals surface area contributed by atoms with Gasteiger partial charge in [-0.1, -0.05) is 6.92 Å². The highest BCUT2D eigenvalue weighted by atomic mass is 32.2. The Hall–Kier alpha value is -1.71. The molecule has 1 aromatic carbocycles. The van der Waals surface area contributed by atoms with Gasteiger partial charge >= 0.3 is 0 Å². The number of benzene rings is 1. The Morgan fingerprint density at radius 1 is 1.31 bits per heavy atom. The molecule has 0 heterocycles. The summed E-state index contributed by atoms with van der Waals surface area (Å²) in [6, 6.07) is 3.67. The minimum absolute atomic E-state index is 0.0900. The second-order valence-electron chi connectivity index (χ2n) is 7.01. The lowest BCUT2D eigenvalue weighted by Gasteiger charge is -2.26. The fourth-order valence-corrected chi connectivity index (χ4v) is 4.50. The highest BCUT2D eigenvalue weighted by molar-refractivity contribution is 7.89. The van der Waals surface area contributed by atoms with E-state index in [0.29, 0.717) is 12.5 Å². The van der Waals surface area contributed by atoms with Crippen LogP contribution in [0, 0.1) is 16.0 Å². The van der Waals surface area contributed by atoms with Crippen molar-refractivity contribution in [3.05, 3.63) is 28.3 Å². The molecule has 1 saturated carbocycles. The van der Waals surface area contributed by atoms with Gasteiger partial charge in [0.05, 0.1) is 16.4 Å². The van der Waals surface area contributed by atoms with Gasteiger partial charge in [0.15, 0.2) is 0 Å². The molecule has 1 aliphatic rings. The summed E-state index contributed by atoms with van der Waals surface area (Å²) in [5.41, 5.74) is -0.00177. The molecule has 1 aromatic rings. The van der Waals surface area contributed by atoms with Crippen molar-refractivity contribution in [3.8, 4) is 0 Å². The molecule has 1 aliphatic carbocycles. The lowest BCUT2D eigenvalue weighted by Crippen LogP contribution is -2.37. The maximum Gasteiger partial charge on any atom is 0.293 e. The van der Waals surface area contributed by atoms with E-state index in [-0.39, 0.29) is 28.4 Å². The Bertz CT molecular complexity index is 730. The lowest BCUT2D eigenvalue weighted by atomic mass is 9.88.